The maximum Gasteiger partial charge on any atom is 0.245 e. The summed E-state index contributed by atoms with van der Waals surface area (Å²) >= 11 is 1.77. The predicted molar refractivity (Wildman–Crippen MR) is 53.2 cm³/mol. The molecule has 78 valence electrons. The summed E-state index contributed by atoms with van der Waals surface area (Å²) in [5.74, 6) is -0.176. The molecule has 1 rings (SSSR count). The molecule has 0 saturated carbocycles. The molecule has 0 aromatic heterocycles. The number of halogens is 2. The molecule has 13 heavy (non-hydrogen) atoms. The molecule has 0 aromatic carbocycles. The van der Waals surface area contributed by atoms with E-state index in [-0.39, 0.29) is 12.3 Å². The Kier molecular flexibility index (Phi) is 3.98. The number of hydrogen-bond acceptors (Lipinski definition) is 2. The zero-order valence-electron chi connectivity index (χ0n) is 7.93. The van der Waals surface area contributed by atoms with Gasteiger partial charge >= 0.3 is 0 Å². The average Bonchev–Trinajstić information content (AvgIpc) is 2.02. The zero-order valence-corrected chi connectivity index (χ0v) is 8.75. The van der Waals surface area contributed by atoms with Crippen molar-refractivity contribution in [1.82, 2.24) is 0 Å². The Labute approximate surface area is 82.4 Å². The Balaban J connectivity index is 2.45. The first-order valence-corrected chi connectivity index (χ1v) is 5.84. The van der Waals surface area contributed by atoms with Gasteiger partial charge in [-0.2, -0.15) is 11.8 Å². The monoisotopic (exact) mass is 209 g/mol. The molecule has 0 spiro atoms. The van der Waals surface area contributed by atoms with E-state index in [4.69, 9.17) is 5.73 Å². The number of hydrogen-bond donors (Lipinski definition) is 1. The lowest BCUT2D eigenvalue weighted by molar-refractivity contribution is -0.00875. The quantitative estimate of drug-likeness (QED) is 0.772. The van der Waals surface area contributed by atoms with Crippen LogP contribution in [-0.4, -0.2) is 24.0 Å². The normalized spacial score (nSPS) is 30.5. The molecular weight excluding hydrogens is 192 g/mol. The lowest BCUT2D eigenvalue weighted by atomic mass is 9.86. The zero-order chi connectivity index (χ0) is 9.90. The van der Waals surface area contributed by atoms with E-state index in [1.165, 1.54) is 0 Å². The molecule has 1 nitrogen and oxygen atoms in total. The summed E-state index contributed by atoms with van der Waals surface area (Å²) in [6.45, 7) is 1.56. The summed E-state index contributed by atoms with van der Waals surface area (Å²) < 4.78 is 25.5. The SMILES string of the molecule is CC(F)(F)CC1CSCCC1CN. The van der Waals surface area contributed by atoms with Crippen molar-refractivity contribution in [2.45, 2.75) is 25.7 Å². The van der Waals surface area contributed by atoms with Gasteiger partial charge in [0.05, 0.1) is 0 Å². The van der Waals surface area contributed by atoms with Crippen LogP contribution < -0.4 is 5.73 Å². The smallest absolute Gasteiger partial charge is 0.245 e. The van der Waals surface area contributed by atoms with Gasteiger partial charge in [0.2, 0.25) is 5.92 Å². The fourth-order valence-electron chi connectivity index (χ4n) is 1.84. The van der Waals surface area contributed by atoms with Crippen LogP contribution in [0.3, 0.4) is 0 Å². The number of nitrogens with two attached hydrogens (primary N) is 1. The summed E-state index contributed by atoms with van der Waals surface area (Å²) in [6.07, 6.45) is 1.00. The first-order valence-electron chi connectivity index (χ1n) is 4.68. The van der Waals surface area contributed by atoms with Crippen molar-refractivity contribution >= 4 is 11.8 Å². The minimum absolute atomic E-state index is 0.00185. The summed E-state index contributed by atoms with van der Waals surface area (Å²) in [4.78, 5) is 0. The highest BCUT2D eigenvalue weighted by molar-refractivity contribution is 7.99. The molecule has 1 aliphatic rings. The van der Waals surface area contributed by atoms with Gasteiger partial charge in [-0.1, -0.05) is 0 Å². The van der Waals surface area contributed by atoms with Gasteiger partial charge in [0, 0.05) is 6.42 Å². The minimum Gasteiger partial charge on any atom is -0.330 e. The Morgan fingerprint density at radius 1 is 1.46 bits per heavy atom. The second kappa shape index (κ2) is 4.60. The van der Waals surface area contributed by atoms with E-state index in [0.717, 1.165) is 24.9 Å². The Morgan fingerprint density at radius 3 is 2.69 bits per heavy atom. The van der Waals surface area contributed by atoms with Crippen molar-refractivity contribution in [3.8, 4) is 0 Å². The first-order chi connectivity index (χ1) is 6.03. The standard InChI is InChI=1S/C9H17F2NS/c1-9(10,11)4-8-6-13-3-2-7(8)5-12/h7-8H,2-6,12H2,1H3. The third-order valence-electron chi connectivity index (χ3n) is 2.55. The van der Waals surface area contributed by atoms with Crippen molar-refractivity contribution in [2.75, 3.05) is 18.1 Å². The molecule has 1 heterocycles. The molecule has 0 aromatic rings. The van der Waals surface area contributed by atoms with Crippen LogP contribution in [0.5, 0.6) is 0 Å². The third-order valence-corrected chi connectivity index (χ3v) is 3.74. The summed E-state index contributed by atoms with van der Waals surface area (Å²) in [5, 5.41) is 0. The highest BCUT2D eigenvalue weighted by Crippen LogP contribution is 2.35. The second-order valence-electron chi connectivity index (χ2n) is 3.89. The topological polar surface area (TPSA) is 26.0 Å². The van der Waals surface area contributed by atoms with E-state index >= 15 is 0 Å². The average molecular weight is 209 g/mol. The molecule has 2 N–H and O–H groups in total. The Bertz CT molecular complexity index is 158. The second-order valence-corrected chi connectivity index (χ2v) is 5.04. The molecule has 1 saturated heterocycles. The summed E-state index contributed by atoms with van der Waals surface area (Å²) in [7, 11) is 0. The van der Waals surface area contributed by atoms with E-state index in [1.807, 2.05) is 0 Å². The fraction of sp³-hybridized carbons (Fsp3) is 1.00. The van der Waals surface area contributed by atoms with Gasteiger partial charge in [-0.15, -0.1) is 0 Å². The molecule has 1 aliphatic heterocycles. The molecule has 0 aliphatic carbocycles. The Hall–Kier alpha value is 0.170. The lowest BCUT2D eigenvalue weighted by Gasteiger charge is -2.31. The summed E-state index contributed by atoms with van der Waals surface area (Å²) in [5.41, 5.74) is 5.56. The van der Waals surface area contributed by atoms with E-state index in [2.05, 4.69) is 0 Å². The van der Waals surface area contributed by atoms with Gasteiger partial charge in [0.1, 0.15) is 0 Å². The van der Waals surface area contributed by atoms with Gasteiger partial charge in [0.25, 0.3) is 0 Å². The summed E-state index contributed by atoms with van der Waals surface area (Å²) in [6, 6.07) is 0. The molecule has 1 fully saturated rings. The largest absolute Gasteiger partial charge is 0.330 e. The van der Waals surface area contributed by atoms with Crippen LogP contribution in [0.2, 0.25) is 0 Å². The van der Waals surface area contributed by atoms with Crippen LogP contribution in [0.4, 0.5) is 8.78 Å². The number of alkyl halides is 2. The van der Waals surface area contributed by atoms with Gasteiger partial charge in [-0.3, -0.25) is 0 Å². The number of rotatable bonds is 3. The van der Waals surface area contributed by atoms with E-state index in [1.54, 1.807) is 11.8 Å². The van der Waals surface area contributed by atoms with E-state index in [9.17, 15) is 8.78 Å². The van der Waals surface area contributed by atoms with Gasteiger partial charge in [-0.05, 0) is 43.2 Å². The Morgan fingerprint density at radius 2 is 2.15 bits per heavy atom. The fourth-order valence-corrected chi connectivity index (χ4v) is 3.17. The van der Waals surface area contributed by atoms with Crippen molar-refractivity contribution in [2.24, 2.45) is 17.6 Å². The van der Waals surface area contributed by atoms with Gasteiger partial charge in [0.15, 0.2) is 0 Å². The molecular formula is C9H17F2NS. The lowest BCUT2D eigenvalue weighted by Crippen LogP contribution is -2.33. The van der Waals surface area contributed by atoms with Crippen LogP contribution in [-0.2, 0) is 0 Å². The first kappa shape index (κ1) is 11.2. The molecule has 0 radical (unpaired) electrons. The van der Waals surface area contributed by atoms with Crippen LogP contribution >= 0.6 is 11.8 Å². The van der Waals surface area contributed by atoms with Crippen LogP contribution in [0.25, 0.3) is 0 Å². The maximum atomic E-state index is 12.8. The van der Waals surface area contributed by atoms with Crippen LogP contribution in [0.1, 0.15) is 19.8 Å². The molecule has 4 heteroatoms. The predicted octanol–water partition coefficient (Wildman–Crippen LogP) is 2.36. The van der Waals surface area contributed by atoms with Crippen molar-refractivity contribution in [3.05, 3.63) is 0 Å². The third kappa shape index (κ3) is 3.81. The molecule has 0 amide bonds. The van der Waals surface area contributed by atoms with Crippen molar-refractivity contribution < 1.29 is 8.78 Å². The van der Waals surface area contributed by atoms with Crippen molar-refractivity contribution in [3.63, 3.8) is 0 Å². The molecule has 2 atom stereocenters. The molecule has 0 bridgehead atoms. The van der Waals surface area contributed by atoms with Gasteiger partial charge in [-0.25, -0.2) is 8.78 Å². The highest BCUT2D eigenvalue weighted by Gasteiger charge is 2.32. The van der Waals surface area contributed by atoms with E-state index < -0.39 is 5.92 Å². The minimum atomic E-state index is -2.53. The molecule has 2 unspecified atom stereocenters. The van der Waals surface area contributed by atoms with Crippen molar-refractivity contribution in [1.29, 1.82) is 0 Å². The number of thioether (sulfide) groups is 1. The maximum absolute atomic E-state index is 12.8. The van der Waals surface area contributed by atoms with E-state index in [0.29, 0.717) is 12.5 Å². The van der Waals surface area contributed by atoms with Crippen LogP contribution in [0, 0.1) is 11.8 Å². The van der Waals surface area contributed by atoms with Gasteiger partial charge < -0.3 is 5.73 Å². The van der Waals surface area contributed by atoms with Crippen LogP contribution in [0.15, 0.2) is 0 Å². The highest BCUT2D eigenvalue weighted by atomic mass is 32.2.